The Kier molecular flexibility index (Phi) is 5.06. The molecule has 3 heterocycles. The quantitative estimate of drug-likeness (QED) is 0.412. The Labute approximate surface area is 203 Å². The number of rotatable bonds is 5. The van der Waals surface area contributed by atoms with Crippen molar-refractivity contribution in [2.75, 3.05) is 12.1 Å². The molecule has 36 heavy (non-hydrogen) atoms. The normalized spacial score (nSPS) is 12.4. The fourth-order valence-electron chi connectivity index (χ4n) is 4.30. The molecule has 1 aliphatic rings. The fraction of sp³-hybridized carbons (Fsp3) is 0.154. The maximum atomic E-state index is 13.4. The van der Waals surface area contributed by atoms with Crippen molar-refractivity contribution in [3.63, 3.8) is 0 Å². The van der Waals surface area contributed by atoms with E-state index < -0.39 is 11.6 Å². The Balaban J connectivity index is 1.40. The van der Waals surface area contributed by atoms with Crippen molar-refractivity contribution in [3.8, 4) is 11.5 Å². The SMILES string of the molecule is Cc1ccc(Cn2c(=O)c3ccccc3n3c(=O)n(CC(=O)Nc4ccc5c(c4)OCO5)nc23)cc1. The van der Waals surface area contributed by atoms with Crippen LogP contribution in [0.5, 0.6) is 11.5 Å². The summed E-state index contributed by atoms with van der Waals surface area (Å²) < 4.78 is 14.5. The van der Waals surface area contributed by atoms with E-state index in [2.05, 4.69) is 10.4 Å². The van der Waals surface area contributed by atoms with E-state index in [1.807, 2.05) is 31.2 Å². The maximum Gasteiger partial charge on any atom is 0.352 e. The van der Waals surface area contributed by atoms with E-state index in [9.17, 15) is 14.4 Å². The number of carbonyl (C=O) groups excluding carboxylic acids is 1. The van der Waals surface area contributed by atoms with E-state index >= 15 is 0 Å². The van der Waals surface area contributed by atoms with Crippen LogP contribution in [0.3, 0.4) is 0 Å². The summed E-state index contributed by atoms with van der Waals surface area (Å²) in [6.07, 6.45) is 0. The van der Waals surface area contributed by atoms with Gasteiger partial charge in [-0.2, -0.15) is 0 Å². The summed E-state index contributed by atoms with van der Waals surface area (Å²) in [5.74, 6) is 0.851. The zero-order valence-corrected chi connectivity index (χ0v) is 19.3. The molecule has 0 radical (unpaired) electrons. The second-order valence-electron chi connectivity index (χ2n) is 8.59. The second-order valence-corrected chi connectivity index (χ2v) is 8.59. The van der Waals surface area contributed by atoms with Gasteiger partial charge >= 0.3 is 5.69 Å². The third-order valence-electron chi connectivity index (χ3n) is 6.10. The van der Waals surface area contributed by atoms with Crippen LogP contribution in [0.25, 0.3) is 16.7 Å². The van der Waals surface area contributed by atoms with Crippen molar-refractivity contribution in [1.82, 2.24) is 18.7 Å². The van der Waals surface area contributed by atoms with Crippen LogP contribution < -0.4 is 26.0 Å². The van der Waals surface area contributed by atoms with Crippen LogP contribution in [0.15, 0.2) is 76.3 Å². The van der Waals surface area contributed by atoms with Crippen molar-refractivity contribution in [3.05, 3.63) is 98.7 Å². The maximum absolute atomic E-state index is 13.4. The monoisotopic (exact) mass is 483 g/mol. The number of benzene rings is 3. The molecular weight excluding hydrogens is 462 g/mol. The van der Waals surface area contributed by atoms with Crippen molar-refractivity contribution in [1.29, 1.82) is 0 Å². The molecule has 1 amide bonds. The number of aromatic nitrogens is 4. The summed E-state index contributed by atoms with van der Waals surface area (Å²) in [6, 6.07) is 19.7. The molecule has 0 saturated heterocycles. The van der Waals surface area contributed by atoms with E-state index in [0.29, 0.717) is 28.1 Å². The lowest BCUT2D eigenvalue weighted by molar-refractivity contribution is -0.117. The minimum Gasteiger partial charge on any atom is -0.454 e. The molecule has 3 aromatic carbocycles. The molecule has 0 aliphatic carbocycles. The van der Waals surface area contributed by atoms with Crippen LogP contribution in [-0.2, 0) is 17.9 Å². The van der Waals surface area contributed by atoms with E-state index in [4.69, 9.17) is 9.47 Å². The molecule has 0 bridgehead atoms. The van der Waals surface area contributed by atoms with Gasteiger partial charge in [-0.05, 0) is 36.8 Å². The number of para-hydroxylation sites is 1. The summed E-state index contributed by atoms with van der Waals surface area (Å²) in [5.41, 5.74) is 2.15. The average molecular weight is 483 g/mol. The Morgan fingerprint density at radius 3 is 2.61 bits per heavy atom. The van der Waals surface area contributed by atoms with Crippen molar-refractivity contribution < 1.29 is 14.3 Å². The lowest BCUT2D eigenvalue weighted by atomic mass is 10.1. The molecule has 0 saturated carbocycles. The fourth-order valence-corrected chi connectivity index (χ4v) is 4.30. The Hall–Kier alpha value is -4.86. The summed E-state index contributed by atoms with van der Waals surface area (Å²) in [4.78, 5) is 39.6. The highest BCUT2D eigenvalue weighted by atomic mass is 16.7. The van der Waals surface area contributed by atoms with Crippen LogP contribution in [0, 0.1) is 6.92 Å². The van der Waals surface area contributed by atoms with Crippen LogP contribution in [-0.4, -0.2) is 31.4 Å². The molecule has 1 N–H and O–H groups in total. The van der Waals surface area contributed by atoms with Crippen molar-refractivity contribution >= 4 is 28.3 Å². The third-order valence-corrected chi connectivity index (χ3v) is 6.10. The molecule has 0 unspecified atom stereocenters. The van der Waals surface area contributed by atoms with Gasteiger partial charge in [-0.1, -0.05) is 42.0 Å². The number of anilines is 1. The lowest BCUT2D eigenvalue weighted by Crippen LogP contribution is -2.29. The molecule has 2 aromatic heterocycles. The number of fused-ring (bicyclic) bond motifs is 4. The van der Waals surface area contributed by atoms with Crippen LogP contribution >= 0.6 is 0 Å². The van der Waals surface area contributed by atoms with E-state index in [-0.39, 0.29) is 31.2 Å². The molecular formula is C26H21N5O5. The zero-order chi connectivity index (χ0) is 24.8. The minimum absolute atomic E-state index is 0.127. The molecule has 5 aromatic rings. The summed E-state index contributed by atoms with van der Waals surface area (Å²) in [6.45, 7) is 2.01. The molecule has 0 atom stereocenters. The first kappa shape index (κ1) is 21.7. The lowest BCUT2D eigenvalue weighted by Gasteiger charge is -2.10. The van der Waals surface area contributed by atoms with Crippen LogP contribution in [0.2, 0.25) is 0 Å². The average Bonchev–Trinajstić information content (AvgIpc) is 3.47. The van der Waals surface area contributed by atoms with Crippen LogP contribution in [0.1, 0.15) is 11.1 Å². The smallest absolute Gasteiger partial charge is 0.352 e. The molecule has 6 rings (SSSR count). The molecule has 10 nitrogen and oxygen atoms in total. The minimum atomic E-state index is -0.514. The predicted octanol–water partition coefficient (Wildman–Crippen LogP) is 2.54. The van der Waals surface area contributed by atoms with Crippen molar-refractivity contribution in [2.24, 2.45) is 0 Å². The molecule has 0 fully saturated rings. The van der Waals surface area contributed by atoms with E-state index in [0.717, 1.165) is 15.8 Å². The second kappa shape index (κ2) is 8.42. The van der Waals surface area contributed by atoms with Gasteiger partial charge in [0, 0.05) is 11.8 Å². The van der Waals surface area contributed by atoms with Gasteiger partial charge in [0.25, 0.3) is 5.56 Å². The van der Waals surface area contributed by atoms with Crippen molar-refractivity contribution in [2.45, 2.75) is 20.0 Å². The van der Waals surface area contributed by atoms with Gasteiger partial charge in [0.15, 0.2) is 11.5 Å². The first-order chi connectivity index (χ1) is 17.5. The van der Waals surface area contributed by atoms with Gasteiger partial charge in [0.05, 0.1) is 17.4 Å². The summed E-state index contributed by atoms with van der Waals surface area (Å²) in [7, 11) is 0. The first-order valence-electron chi connectivity index (χ1n) is 11.3. The number of nitrogens with zero attached hydrogens (tertiary/aromatic N) is 4. The number of nitrogens with one attached hydrogen (secondary N) is 1. The number of aryl methyl sites for hydroxylation is 1. The largest absolute Gasteiger partial charge is 0.454 e. The molecule has 180 valence electrons. The highest BCUT2D eigenvalue weighted by Crippen LogP contribution is 2.34. The van der Waals surface area contributed by atoms with E-state index in [1.165, 1.54) is 8.97 Å². The van der Waals surface area contributed by atoms with Crippen LogP contribution in [0.4, 0.5) is 5.69 Å². The third kappa shape index (κ3) is 3.68. The van der Waals surface area contributed by atoms with Gasteiger partial charge in [0.2, 0.25) is 18.5 Å². The first-order valence-corrected chi connectivity index (χ1v) is 11.3. The zero-order valence-electron chi connectivity index (χ0n) is 19.3. The number of hydrogen-bond acceptors (Lipinski definition) is 6. The number of ether oxygens (including phenoxy) is 2. The predicted molar refractivity (Wildman–Crippen MR) is 133 cm³/mol. The Bertz CT molecular complexity index is 1760. The molecule has 1 aliphatic heterocycles. The van der Waals surface area contributed by atoms with Gasteiger partial charge in [-0.3, -0.25) is 14.2 Å². The standard InChI is InChI=1S/C26H21N5O5/c1-16-6-8-17(9-7-16)13-29-24(33)19-4-2-3-5-20(19)31-25(29)28-30(26(31)34)14-23(32)27-18-10-11-21-22(12-18)36-15-35-21/h2-12H,13-15H2,1H3,(H,27,32). The summed E-state index contributed by atoms with van der Waals surface area (Å²) >= 11 is 0. The van der Waals surface area contributed by atoms with E-state index in [1.54, 1.807) is 42.5 Å². The number of amides is 1. The molecule has 0 spiro atoms. The van der Waals surface area contributed by atoms with Gasteiger partial charge in [0.1, 0.15) is 6.54 Å². The Morgan fingerprint density at radius 2 is 1.78 bits per heavy atom. The van der Waals surface area contributed by atoms with Gasteiger partial charge in [-0.25, -0.2) is 13.9 Å². The Morgan fingerprint density at radius 1 is 1.00 bits per heavy atom. The number of hydrogen-bond donors (Lipinski definition) is 1. The summed E-state index contributed by atoms with van der Waals surface area (Å²) in [5, 5.41) is 7.54. The highest BCUT2D eigenvalue weighted by Gasteiger charge is 2.20. The number of carbonyl (C=O) groups is 1. The topological polar surface area (TPSA) is 109 Å². The van der Waals surface area contributed by atoms with Gasteiger partial charge < -0.3 is 14.8 Å². The highest BCUT2D eigenvalue weighted by molar-refractivity contribution is 5.91. The van der Waals surface area contributed by atoms with Gasteiger partial charge in [-0.15, -0.1) is 5.10 Å². The molecule has 10 heteroatoms.